The van der Waals surface area contributed by atoms with Crippen LogP contribution in [0.1, 0.15) is 32.5 Å². The molecule has 1 unspecified atom stereocenters. The van der Waals surface area contributed by atoms with Gasteiger partial charge in [0.2, 0.25) is 0 Å². The summed E-state index contributed by atoms with van der Waals surface area (Å²) in [5.74, 6) is 3.19. The van der Waals surface area contributed by atoms with Crippen molar-refractivity contribution in [2.24, 2.45) is 17.6 Å². The third-order valence-electron chi connectivity index (χ3n) is 3.88. The number of hydrogen-bond acceptors (Lipinski definition) is 4. The van der Waals surface area contributed by atoms with Crippen LogP contribution in [0.2, 0.25) is 0 Å². The first-order valence-corrected chi connectivity index (χ1v) is 7.37. The van der Waals surface area contributed by atoms with Gasteiger partial charge in [0.1, 0.15) is 11.6 Å². The van der Waals surface area contributed by atoms with Crippen molar-refractivity contribution in [3.63, 3.8) is 0 Å². The molecule has 0 spiro atoms. The highest BCUT2D eigenvalue weighted by Crippen LogP contribution is 2.21. The van der Waals surface area contributed by atoms with Gasteiger partial charge in [-0.1, -0.05) is 13.8 Å². The normalized spacial score (nSPS) is 13.1. The summed E-state index contributed by atoms with van der Waals surface area (Å²) in [5.41, 5.74) is 7.47. The molecule has 0 bridgehead atoms. The lowest BCUT2D eigenvalue weighted by Gasteiger charge is -2.19. The van der Waals surface area contributed by atoms with E-state index in [4.69, 9.17) is 5.73 Å². The van der Waals surface area contributed by atoms with Crippen molar-refractivity contribution in [3.8, 4) is 0 Å². The fraction of sp³-hybridized carbons (Fsp3) is 0.600. The minimum absolute atomic E-state index is 0.661. The zero-order chi connectivity index (χ0) is 14.5. The summed E-state index contributed by atoms with van der Waals surface area (Å²) in [4.78, 5) is 12.4. The quantitative estimate of drug-likeness (QED) is 0.725. The average molecular weight is 275 g/mol. The van der Waals surface area contributed by atoms with Crippen molar-refractivity contribution in [1.29, 1.82) is 0 Å². The number of nitrogens with one attached hydrogen (secondary N) is 2. The molecule has 4 N–H and O–H groups in total. The van der Waals surface area contributed by atoms with E-state index >= 15 is 0 Å². The maximum absolute atomic E-state index is 5.69. The lowest BCUT2D eigenvalue weighted by Crippen LogP contribution is -2.15. The SMILES string of the molecule is CNc1ccc2[nH]c(CCC(CCN)C(C)C)nc2n1. The van der Waals surface area contributed by atoms with Gasteiger partial charge in [-0.15, -0.1) is 0 Å². The van der Waals surface area contributed by atoms with Crippen molar-refractivity contribution in [3.05, 3.63) is 18.0 Å². The maximum atomic E-state index is 5.69. The van der Waals surface area contributed by atoms with Crippen LogP contribution in [0.4, 0.5) is 5.82 Å². The predicted octanol–water partition coefficient (Wildman–Crippen LogP) is 2.55. The molecular formula is C15H25N5. The van der Waals surface area contributed by atoms with Crippen LogP contribution < -0.4 is 11.1 Å². The van der Waals surface area contributed by atoms with Crippen LogP contribution >= 0.6 is 0 Å². The van der Waals surface area contributed by atoms with Gasteiger partial charge in [-0.05, 0) is 43.4 Å². The molecule has 0 saturated carbocycles. The first-order chi connectivity index (χ1) is 9.63. The standard InChI is InChI=1S/C15H25N5/c1-10(2)11(8-9-16)4-6-14-18-12-5-7-13(17-3)19-15(12)20-14/h5,7,10-11H,4,6,8-9,16H2,1-3H3,(H2,17,18,19,20). The van der Waals surface area contributed by atoms with Crippen molar-refractivity contribution in [2.75, 3.05) is 18.9 Å². The molecule has 0 fully saturated rings. The van der Waals surface area contributed by atoms with E-state index in [9.17, 15) is 0 Å². The van der Waals surface area contributed by atoms with Gasteiger partial charge >= 0.3 is 0 Å². The van der Waals surface area contributed by atoms with Gasteiger partial charge in [0.05, 0.1) is 5.52 Å². The molecule has 5 heteroatoms. The fourth-order valence-electron chi connectivity index (χ4n) is 2.55. The first-order valence-electron chi connectivity index (χ1n) is 7.37. The lowest BCUT2D eigenvalue weighted by molar-refractivity contribution is 0.339. The molecule has 0 aliphatic heterocycles. The summed E-state index contributed by atoms with van der Waals surface area (Å²) < 4.78 is 0. The van der Waals surface area contributed by atoms with Crippen LogP contribution in [0.3, 0.4) is 0 Å². The Morgan fingerprint density at radius 1 is 1.25 bits per heavy atom. The summed E-state index contributed by atoms with van der Waals surface area (Å²) in [6.45, 7) is 5.29. The minimum Gasteiger partial charge on any atom is -0.373 e. The molecule has 0 saturated heterocycles. The highest BCUT2D eigenvalue weighted by atomic mass is 15.0. The first kappa shape index (κ1) is 14.8. The fourth-order valence-corrected chi connectivity index (χ4v) is 2.55. The summed E-state index contributed by atoms with van der Waals surface area (Å²) in [7, 11) is 1.86. The van der Waals surface area contributed by atoms with Gasteiger partial charge in [0.15, 0.2) is 5.65 Å². The van der Waals surface area contributed by atoms with Gasteiger partial charge < -0.3 is 16.0 Å². The lowest BCUT2D eigenvalue weighted by atomic mass is 9.88. The van der Waals surface area contributed by atoms with Crippen LogP contribution in [0, 0.1) is 11.8 Å². The number of aromatic nitrogens is 3. The molecule has 20 heavy (non-hydrogen) atoms. The van der Waals surface area contributed by atoms with Crippen LogP contribution in [0.15, 0.2) is 12.1 Å². The van der Waals surface area contributed by atoms with E-state index in [1.165, 1.54) is 0 Å². The summed E-state index contributed by atoms with van der Waals surface area (Å²) in [5, 5.41) is 3.03. The monoisotopic (exact) mass is 275 g/mol. The van der Waals surface area contributed by atoms with Crippen LogP contribution in [0.5, 0.6) is 0 Å². The Morgan fingerprint density at radius 2 is 2.05 bits per heavy atom. The Hall–Kier alpha value is -1.62. The molecule has 2 aromatic heterocycles. The summed E-state index contributed by atoms with van der Waals surface area (Å²) >= 11 is 0. The number of H-pyrrole nitrogens is 1. The van der Waals surface area contributed by atoms with E-state index in [0.29, 0.717) is 11.8 Å². The maximum Gasteiger partial charge on any atom is 0.179 e. The molecule has 2 aromatic rings. The molecule has 1 atom stereocenters. The van der Waals surface area contributed by atoms with Gasteiger partial charge in [-0.3, -0.25) is 0 Å². The van der Waals surface area contributed by atoms with E-state index in [0.717, 1.165) is 48.6 Å². The Labute approximate surface area is 120 Å². The Balaban J connectivity index is 2.06. The number of imidazole rings is 1. The summed E-state index contributed by atoms with van der Waals surface area (Å²) in [6.07, 6.45) is 3.15. The number of pyridine rings is 1. The number of fused-ring (bicyclic) bond motifs is 1. The Kier molecular flexibility index (Phi) is 4.95. The molecular weight excluding hydrogens is 250 g/mol. The number of anilines is 1. The second kappa shape index (κ2) is 6.70. The number of aryl methyl sites for hydroxylation is 1. The molecule has 0 amide bonds. The Morgan fingerprint density at radius 3 is 2.70 bits per heavy atom. The third-order valence-corrected chi connectivity index (χ3v) is 3.88. The number of nitrogens with two attached hydrogens (primary N) is 1. The van der Waals surface area contributed by atoms with Crippen LogP contribution in [0.25, 0.3) is 11.2 Å². The van der Waals surface area contributed by atoms with E-state index in [2.05, 4.69) is 34.1 Å². The molecule has 0 aliphatic rings. The molecule has 0 radical (unpaired) electrons. The van der Waals surface area contributed by atoms with E-state index < -0.39 is 0 Å². The van der Waals surface area contributed by atoms with Crippen LogP contribution in [-0.4, -0.2) is 28.5 Å². The predicted molar refractivity (Wildman–Crippen MR) is 83.8 cm³/mol. The van der Waals surface area contributed by atoms with Crippen molar-refractivity contribution < 1.29 is 0 Å². The third kappa shape index (κ3) is 3.48. The average Bonchev–Trinajstić information content (AvgIpc) is 2.84. The number of aromatic amines is 1. The van der Waals surface area contributed by atoms with Gasteiger partial charge in [0, 0.05) is 13.5 Å². The highest BCUT2D eigenvalue weighted by Gasteiger charge is 2.14. The van der Waals surface area contributed by atoms with Gasteiger partial charge in [-0.2, -0.15) is 0 Å². The number of hydrogen-bond donors (Lipinski definition) is 3. The molecule has 2 heterocycles. The Bertz CT molecular complexity index is 546. The van der Waals surface area contributed by atoms with Crippen molar-refractivity contribution in [2.45, 2.75) is 33.1 Å². The summed E-state index contributed by atoms with van der Waals surface area (Å²) in [6, 6.07) is 3.97. The molecule has 2 rings (SSSR count). The zero-order valence-corrected chi connectivity index (χ0v) is 12.6. The van der Waals surface area contributed by atoms with Gasteiger partial charge in [0.25, 0.3) is 0 Å². The topological polar surface area (TPSA) is 79.6 Å². The second-order valence-electron chi connectivity index (χ2n) is 5.62. The highest BCUT2D eigenvalue weighted by molar-refractivity contribution is 5.72. The van der Waals surface area contributed by atoms with E-state index in [1.807, 2.05) is 19.2 Å². The molecule has 0 aliphatic carbocycles. The second-order valence-corrected chi connectivity index (χ2v) is 5.62. The number of rotatable bonds is 7. The minimum atomic E-state index is 0.661. The largest absolute Gasteiger partial charge is 0.373 e. The van der Waals surface area contributed by atoms with Gasteiger partial charge in [-0.25, -0.2) is 9.97 Å². The number of nitrogens with zero attached hydrogens (tertiary/aromatic N) is 2. The molecule has 0 aromatic carbocycles. The van der Waals surface area contributed by atoms with E-state index in [-0.39, 0.29) is 0 Å². The van der Waals surface area contributed by atoms with E-state index in [1.54, 1.807) is 0 Å². The van der Waals surface area contributed by atoms with Crippen molar-refractivity contribution >= 4 is 17.0 Å². The zero-order valence-electron chi connectivity index (χ0n) is 12.6. The van der Waals surface area contributed by atoms with Crippen LogP contribution in [-0.2, 0) is 6.42 Å². The smallest absolute Gasteiger partial charge is 0.179 e. The molecule has 110 valence electrons. The molecule has 5 nitrogen and oxygen atoms in total. The van der Waals surface area contributed by atoms with Crippen molar-refractivity contribution in [1.82, 2.24) is 15.0 Å².